The van der Waals surface area contributed by atoms with Crippen molar-refractivity contribution in [2.75, 3.05) is 0 Å². The van der Waals surface area contributed by atoms with Crippen molar-refractivity contribution in [1.82, 2.24) is 0 Å². The van der Waals surface area contributed by atoms with Gasteiger partial charge in [0.05, 0.1) is 12.2 Å². The molecule has 4 aliphatic carbocycles. The number of fused-ring (bicyclic) bond motifs is 5. The average Bonchev–Trinajstić information content (AvgIpc) is 3.18. The molecule has 0 bridgehead atoms. The second kappa shape index (κ2) is 17.0. The van der Waals surface area contributed by atoms with E-state index < -0.39 is 66.9 Å². The van der Waals surface area contributed by atoms with Crippen LogP contribution in [-0.4, -0.2) is 68.4 Å². The first-order valence-corrected chi connectivity index (χ1v) is 19.5. The van der Waals surface area contributed by atoms with Crippen LogP contribution in [0.25, 0.3) is 0 Å². The summed E-state index contributed by atoms with van der Waals surface area (Å²) in [5.41, 5.74) is -0.618. The number of hydrogen-bond acceptors (Lipinski definition) is 13. The van der Waals surface area contributed by atoms with Gasteiger partial charge in [-0.25, -0.2) is 25.3 Å². The monoisotopic (exact) mass is 768 g/mol. The molecule has 1 N–H and O–H groups in total. The van der Waals surface area contributed by atoms with Crippen LogP contribution in [0.5, 0.6) is 0 Å². The summed E-state index contributed by atoms with van der Waals surface area (Å²) in [6.45, 7) is 16.3. The van der Waals surface area contributed by atoms with Crippen LogP contribution >= 0.6 is 0 Å². The second-order valence-electron chi connectivity index (χ2n) is 15.5. The van der Waals surface area contributed by atoms with Gasteiger partial charge in [0.1, 0.15) is 12.2 Å². The minimum absolute atomic E-state index is 0. The van der Waals surface area contributed by atoms with E-state index in [2.05, 4.69) is 24.6 Å². The minimum Gasteiger partial charge on any atom is -0.726 e. The Labute approximate surface area is 353 Å². The molecule has 0 aromatic heterocycles. The van der Waals surface area contributed by atoms with Gasteiger partial charge in [0.2, 0.25) is 31.2 Å². The normalized spacial score (nSPS) is 38.0. The fourth-order valence-electron chi connectivity index (χ4n) is 10.1. The van der Waals surface area contributed by atoms with Crippen LogP contribution in [0, 0.1) is 51.8 Å². The number of aliphatic hydroxyl groups excluding tert-OH is 1. The Bertz CT molecular complexity index is 1470. The van der Waals surface area contributed by atoms with Crippen molar-refractivity contribution < 1.29 is 145 Å². The summed E-state index contributed by atoms with van der Waals surface area (Å²) >= 11 is 0. The molecule has 1 unspecified atom stereocenters. The van der Waals surface area contributed by atoms with Crippen molar-refractivity contribution in [3.63, 3.8) is 0 Å². The van der Waals surface area contributed by atoms with E-state index in [0.717, 1.165) is 24.8 Å². The van der Waals surface area contributed by atoms with Crippen molar-refractivity contribution in [1.29, 1.82) is 0 Å². The molecule has 0 amide bonds. The van der Waals surface area contributed by atoms with Crippen molar-refractivity contribution in [2.45, 2.75) is 117 Å². The molecule has 0 heterocycles. The Hall–Kier alpha value is 2.31. The predicted octanol–water partition coefficient (Wildman–Crippen LogP) is -5.60. The molecule has 262 valence electrons. The van der Waals surface area contributed by atoms with Crippen molar-refractivity contribution in [3.05, 3.63) is 12.2 Å². The van der Waals surface area contributed by atoms with Gasteiger partial charge in [0, 0.05) is 0 Å². The maximum atomic E-state index is 11.9. The molecule has 0 aliphatic heterocycles. The van der Waals surface area contributed by atoms with E-state index in [1.165, 1.54) is 0 Å². The third-order valence-corrected chi connectivity index (χ3v) is 13.5. The van der Waals surface area contributed by atoms with Gasteiger partial charge < -0.3 is 18.8 Å². The van der Waals surface area contributed by atoms with E-state index >= 15 is 0 Å². The van der Waals surface area contributed by atoms with Gasteiger partial charge in [0.15, 0.2) is 0 Å². The molecule has 48 heavy (non-hydrogen) atoms. The molecule has 19 heteroatoms. The van der Waals surface area contributed by atoms with Crippen LogP contribution in [0.4, 0.5) is 0 Å². The maximum Gasteiger partial charge on any atom is 1.00 e. The van der Waals surface area contributed by atoms with Crippen molar-refractivity contribution >= 4 is 31.2 Å². The largest absolute Gasteiger partial charge is 1.00 e. The fraction of sp³-hybridized carbons (Fsp3) is 0.931. The van der Waals surface area contributed by atoms with Gasteiger partial charge in [-0.2, -0.15) is 0 Å². The molecule has 4 saturated carbocycles. The van der Waals surface area contributed by atoms with Crippen molar-refractivity contribution in [2.24, 2.45) is 51.8 Å². The molecular weight excluding hydrogens is 721 g/mol. The van der Waals surface area contributed by atoms with Crippen LogP contribution in [0.3, 0.4) is 0 Å². The molecular formula is C29H47Na3O13S3. The summed E-state index contributed by atoms with van der Waals surface area (Å²) in [6, 6.07) is 0. The quantitative estimate of drug-likeness (QED) is 0.0950. The summed E-state index contributed by atoms with van der Waals surface area (Å²) in [4.78, 5) is 0. The Morgan fingerprint density at radius 1 is 0.792 bits per heavy atom. The van der Waals surface area contributed by atoms with E-state index in [4.69, 9.17) is 8.37 Å². The van der Waals surface area contributed by atoms with Gasteiger partial charge in [0.25, 0.3) is 0 Å². The zero-order chi connectivity index (χ0) is 34.1. The first-order valence-electron chi connectivity index (χ1n) is 15.5. The molecule has 0 aromatic rings. The average molecular weight is 769 g/mol. The summed E-state index contributed by atoms with van der Waals surface area (Å²) < 4.78 is 120. The van der Waals surface area contributed by atoms with Gasteiger partial charge in [-0.3, -0.25) is 12.5 Å². The van der Waals surface area contributed by atoms with Crippen molar-refractivity contribution in [3.8, 4) is 0 Å². The zero-order valence-electron chi connectivity index (χ0n) is 29.7. The van der Waals surface area contributed by atoms with E-state index in [-0.39, 0.29) is 148 Å². The van der Waals surface area contributed by atoms with Crippen LogP contribution in [0.15, 0.2) is 12.2 Å². The Morgan fingerprint density at radius 2 is 1.27 bits per heavy atom. The van der Waals surface area contributed by atoms with E-state index in [1.807, 2.05) is 20.8 Å². The molecule has 12 atom stereocenters. The standard InChI is InChI=1S/C29H50O13S3.3Na/c1-16(12-23(30)17(2)27(3,4)5)19-8-9-20-18-13-24(40-43(31,32)33)22-14-25(41-44(34,35)36)26(42-45(37,38)39)15-29(22,7)21(18)10-11-28(19,20)6;;;/h16,18-26,30H,2,8-15H2,1,3-7H3,(H,31,32,33)(H,34,35,36)(H,37,38,39);;;/q;3*+1/p-3/t16-,18+,19-,20+,21+,22-,23?,24+,25+,26+,28-,29-;;;/m1.../s1. The SMILES string of the molecule is C=C(C(O)C[C@@H](C)[C@H]1CC[C@H]2[C@@H]3C[C@H](OS(=O)(=O)[O-])[C@H]4C[C@H](OS(=O)(=O)[O-])[C@@H](OS(=O)(=O)[O-])C[C@]4(C)[C@H]3CC[C@]12C)C(C)(C)C.[Na+].[Na+].[Na+]. The Balaban J connectivity index is 0.00000384. The number of hydrogen-bond donors (Lipinski definition) is 1. The van der Waals surface area contributed by atoms with Gasteiger partial charge in [-0.1, -0.05) is 48.1 Å². The second-order valence-corrected chi connectivity index (χ2v) is 18.6. The molecule has 0 radical (unpaired) electrons. The molecule has 0 aromatic carbocycles. The zero-order valence-corrected chi connectivity index (χ0v) is 38.2. The topological polar surface area (TPSA) is 220 Å². The first-order chi connectivity index (χ1) is 20.3. The third kappa shape index (κ3) is 11.0. The molecule has 0 spiro atoms. The maximum absolute atomic E-state index is 11.9. The molecule has 4 rings (SSSR count). The van der Waals surface area contributed by atoms with Crippen LogP contribution < -0.4 is 88.7 Å². The van der Waals surface area contributed by atoms with E-state index in [0.29, 0.717) is 12.8 Å². The molecule has 4 aliphatic rings. The summed E-state index contributed by atoms with van der Waals surface area (Å²) in [6.07, 6.45) is -1.93. The first kappa shape index (κ1) is 48.3. The van der Waals surface area contributed by atoms with E-state index in [9.17, 15) is 44.0 Å². The predicted molar refractivity (Wildman–Crippen MR) is 158 cm³/mol. The van der Waals surface area contributed by atoms with E-state index in [1.54, 1.807) is 6.92 Å². The minimum atomic E-state index is -5.37. The molecule has 13 nitrogen and oxygen atoms in total. The van der Waals surface area contributed by atoms with Crippen LogP contribution in [0.1, 0.15) is 92.9 Å². The summed E-state index contributed by atoms with van der Waals surface area (Å²) in [5.74, 6) is -0.625. The van der Waals surface area contributed by atoms with Gasteiger partial charge >= 0.3 is 88.7 Å². The van der Waals surface area contributed by atoms with Gasteiger partial charge in [-0.15, -0.1) is 0 Å². The number of aliphatic hydroxyl groups is 1. The van der Waals surface area contributed by atoms with Gasteiger partial charge in [-0.05, 0) is 109 Å². The Kier molecular flexibility index (Phi) is 17.1. The molecule has 4 fully saturated rings. The summed E-state index contributed by atoms with van der Waals surface area (Å²) in [5, 5.41) is 11.0. The summed E-state index contributed by atoms with van der Waals surface area (Å²) in [7, 11) is -15.9. The fourth-order valence-corrected chi connectivity index (χ4v) is 11.7. The number of rotatable bonds is 10. The van der Waals surface area contributed by atoms with Crippen LogP contribution in [0.2, 0.25) is 0 Å². The third-order valence-electron chi connectivity index (χ3n) is 12.1. The molecule has 0 saturated heterocycles. The Morgan fingerprint density at radius 3 is 1.77 bits per heavy atom. The smallest absolute Gasteiger partial charge is 0.726 e. The van der Waals surface area contributed by atoms with Crippen LogP contribution in [-0.2, 0) is 43.7 Å².